The minimum Gasteiger partial charge on any atom is -0.494 e. The first kappa shape index (κ1) is 28.6. The van der Waals surface area contributed by atoms with Gasteiger partial charge in [0.2, 0.25) is 0 Å². The van der Waals surface area contributed by atoms with E-state index >= 15 is 0 Å². The third-order valence-corrected chi connectivity index (χ3v) is 7.94. The summed E-state index contributed by atoms with van der Waals surface area (Å²) in [5.41, 5.74) is 2.37. The van der Waals surface area contributed by atoms with Crippen LogP contribution in [-0.2, 0) is 30.3 Å². The summed E-state index contributed by atoms with van der Waals surface area (Å²) in [6, 6.07) is 14.4. The van der Waals surface area contributed by atoms with Crippen LogP contribution in [0.1, 0.15) is 72.2 Å². The van der Waals surface area contributed by atoms with Gasteiger partial charge in [-0.2, -0.15) is 0 Å². The van der Waals surface area contributed by atoms with Crippen molar-refractivity contribution in [1.82, 2.24) is 0 Å². The zero-order valence-corrected chi connectivity index (χ0v) is 23.5. The Morgan fingerprint density at radius 3 is 1.73 bits per heavy atom. The Morgan fingerprint density at radius 1 is 0.750 bits per heavy atom. The molecule has 1 aliphatic carbocycles. The molecule has 0 atom stereocenters. The number of carbonyl (C=O) groups is 2. The van der Waals surface area contributed by atoms with E-state index in [2.05, 4.69) is 13.8 Å². The van der Waals surface area contributed by atoms with Crippen molar-refractivity contribution in [3.63, 3.8) is 0 Å². The van der Waals surface area contributed by atoms with Crippen molar-refractivity contribution in [2.24, 2.45) is 10.8 Å². The molecule has 40 heavy (non-hydrogen) atoms. The molecule has 1 saturated carbocycles. The Bertz CT molecular complexity index is 1040. The van der Waals surface area contributed by atoms with Gasteiger partial charge in [-0.15, -0.1) is 0 Å². The quantitative estimate of drug-likeness (QED) is 0.325. The summed E-state index contributed by atoms with van der Waals surface area (Å²) in [7, 11) is 0. The van der Waals surface area contributed by atoms with Crippen molar-refractivity contribution < 1.29 is 38.0 Å². The summed E-state index contributed by atoms with van der Waals surface area (Å²) in [6.45, 7) is 9.17. The minimum absolute atomic E-state index is 0.117. The first-order valence-electron chi connectivity index (χ1n) is 14.3. The highest BCUT2D eigenvalue weighted by Gasteiger charge is 2.34. The maximum atomic E-state index is 12.7. The van der Waals surface area contributed by atoms with Gasteiger partial charge in [0.15, 0.2) is 0 Å². The second-order valence-corrected chi connectivity index (χ2v) is 12.1. The molecule has 5 rings (SSSR count). The van der Waals surface area contributed by atoms with Crippen molar-refractivity contribution in [3.8, 4) is 5.75 Å². The van der Waals surface area contributed by atoms with Crippen LogP contribution in [0.5, 0.6) is 5.75 Å². The van der Waals surface area contributed by atoms with Gasteiger partial charge >= 0.3 is 11.9 Å². The fourth-order valence-corrected chi connectivity index (χ4v) is 5.09. The summed E-state index contributed by atoms with van der Waals surface area (Å²) in [6.07, 6.45) is 3.22. The average Bonchev–Trinajstić information content (AvgIpc) is 2.93. The molecule has 3 aliphatic rings. The maximum absolute atomic E-state index is 12.7. The van der Waals surface area contributed by atoms with Crippen LogP contribution in [-0.4, -0.2) is 63.8 Å². The Labute approximate surface area is 236 Å². The second-order valence-electron chi connectivity index (χ2n) is 12.1. The van der Waals surface area contributed by atoms with Crippen molar-refractivity contribution in [3.05, 3.63) is 65.2 Å². The summed E-state index contributed by atoms with van der Waals surface area (Å²) in [5, 5.41) is 0. The van der Waals surface area contributed by atoms with Gasteiger partial charge in [0.05, 0.1) is 57.4 Å². The molecular formula is C32H40O8. The Hall–Kier alpha value is -2.94. The molecule has 2 saturated heterocycles. The van der Waals surface area contributed by atoms with Gasteiger partial charge in [0.1, 0.15) is 18.0 Å². The average molecular weight is 553 g/mol. The molecule has 0 amide bonds. The number of ether oxygens (including phenoxy) is 6. The van der Waals surface area contributed by atoms with Gasteiger partial charge in [-0.1, -0.05) is 26.0 Å². The monoisotopic (exact) mass is 552 g/mol. The van der Waals surface area contributed by atoms with Crippen molar-refractivity contribution >= 4 is 11.9 Å². The van der Waals surface area contributed by atoms with Crippen LogP contribution in [0.4, 0.5) is 0 Å². The fourth-order valence-electron chi connectivity index (χ4n) is 5.09. The third kappa shape index (κ3) is 7.62. The SMILES string of the molecule is CC1(CCOc2ccc(C(=O)OC3CCC(OC(=O)c4ccc(COCC5(C)COC5)cc4)CC3)cc2)COC1. The number of hydrogen-bond donors (Lipinski definition) is 0. The molecule has 216 valence electrons. The molecule has 3 fully saturated rings. The predicted octanol–water partition coefficient (Wildman–Crippen LogP) is 5.37. The van der Waals surface area contributed by atoms with Crippen molar-refractivity contribution in [1.29, 1.82) is 0 Å². The number of hydrogen-bond acceptors (Lipinski definition) is 8. The lowest BCUT2D eigenvalue weighted by Gasteiger charge is -2.37. The molecule has 8 nitrogen and oxygen atoms in total. The molecule has 8 heteroatoms. The Morgan fingerprint density at radius 2 is 1.25 bits per heavy atom. The largest absolute Gasteiger partial charge is 0.494 e. The summed E-state index contributed by atoms with van der Waals surface area (Å²) in [5.74, 6) is 0.0642. The zero-order valence-electron chi connectivity index (χ0n) is 23.5. The Balaban J connectivity index is 0.987. The first-order valence-corrected chi connectivity index (χ1v) is 14.3. The van der Waals surface area contributed by atoms with Crippen LogP contribution in [0.2, 0.25) is 0 Å². The lowest BCUT2D eigenvalue weighted by molar-refractivity contribution is -0.140. The minimum atomic E-state index is -0.342. The van der Waals surface area contributed by atoms with E-state index in [4.69, 9.17) is 28.4 Å². The van der Waals surface area contributed by atoms with E-state index in [1.807, 2.05) is 12.1 Å². The highest BCUT2D eigenvalue weighted by molar-refractivity contribution is 5.90. The molecule has 2 aromatic carbocycles. The molecular weight excluding hydrogens is 512 g/mol. The molecule has 0 radical (unpaired) electrons. The molecule has 0 spiro atoms. The molecule has 0 aromatic heterocycles. The van der Waals surface area contributed by atoms with Crippen LogP contribution >= 0.6 is 0 Å². The summed E-state index contributed by atoms with van der Waals surface area (Å²) >= 11 is 0. The molecule has 2 aliphatic heterocycles. The zero-order chi connectivity index (χ0) is 28.0. The van der Waals surface area contributed by atoms with Crippen LogP contribution in [0, 0.1) is 10.8 Å². The molecule has 0 unspecified atom stereocenters. The highest BCUT2D eigenvalue weighted by Crippen LogP contribution is 2.31. The second kappa shape index (κ2) is 12.7. The maximum Gasteiger partial charge on any atom is 0.338 e. The molecule has 0 bridgehead atoms. The van der Waals surface area contributed by atoms with E-state index < -0.39 is 0 Å². The van der Waals surface area contributed by atoms with Crippen LogP contribution < -0.4 is 4.74 Å². The lowest BCUT2D eigenvalue weighted by atomic mass is 9.85. The Kier molecular flexibility index (Phi) is 9.08. The van der Waals surface area contributed by atoms with Crippen molar-refractivity contribution in [2.75, 3.05) is 39.6 Å². The van der Waals surface area contributed by atoms with Crippen molar-refractivity contribution in [2.45, 2.75) is 64.8 Å². The third-order valence-electron chi connectivity index (χ3n) is 7.94. The van der Waals surface area contributed by atoms with E-state index in [0.717, 1.165) is 44.2 Å². The van der Waals surface area contributed by atoms with E-state index in [1.54, 1.807) is 36.4 Å². The van der Waals surface area contributed by atoms with Gasteiger partial charge in [0, 0.05) is 10.8 Å². The normalized spacial score (nSPS) is 22.9. The number of rotatable bonds is 12. The number of benzene rings is 2. The van der Waals surface area contributed by atoms with Crippen LogP contribution in [0.15, 0.2) is 48.5 Å². The summed E-state index contributed by atoms with van der Waals surface area (Å²) < 4.78 is 33.6. The van der Waals surface area contributed by atoms with Gasteiger partial charge in [-0.3, -0.25) is 0 Å². The van der Waals surface area contributed by atoms with Crippen LogP contribution in [0.3, 0.4) is 0 Å². The van der Waals surface area contributed by atoms with Gasteiger partial charge < -0.3 is 28.4 Å². The van der Waals surface area contributed by atoms with Crippen LogP contribution in [0.25, 0.3) is 0 Å². The van der Waals surface area contributed by atoms with E-state index in [0.29, 0.717) is 56.6 Å². The molecule has 2 heterocycles. The topological polar surface area (TPSA) is 89.5 Å². The number of carbonyl (C=O) groups excluding carboxylic acids is 2. The van der Waals surface area contributed by atoms with E-state index in [-0.39, 0.29) is 35.0 Å². The van der Waals surface area contributed by atoms with Gasteiger partial charge in [-0.05, 0) is 74.1 Å². The number of esters is 2. The molecule has 0 N–H and O–H groups in total. The summed E-state index contributed by atoms with van der Waals surface area (Å²) in [4.78, 5) is 25.3. The standard InChI is InChI=1S/C32H40O8/c1-31(18-36-19-31)15-16-38-26-9-7-25(8-10-26)30(34)40-28-13-11-27(12-14-28)39-29(33)24-5-3-23(4-6-24)17-35-20-32(2)21-37-22-32/h3-10,27-28H,11-22H2,1-2H3. The highest BCUT2D eigenvalue weighted by atomic mass is 16.6. The first-order chi connectivity index (χ1) is 19.3. The van der Waals surface area contributed by atoms with E-state index in [1.165, 1.54) is 0 Å². The van der Waals surface area contributed by atoms with Gasteiger partial charge in [-0.25, -0.2) is 9.59 Å². The molecule has 2 aromatic rings. The predicted molar refractivity (Wildman–Crippen MR) is 147 cm³/mol. The fraction of sp³-hybridized carbons (Fsp3) is 0.562. The smallest absolute Gasteiger partial charge is 0.338 e. The lowest BCUT2D eigenvalue weighted by Crippen LogP contribution is -2.43. The van der Waals surface area contributed by atoms with E-state index in [9.17, 15) is 9.59 Å². The van der Waals surface area contributed by atoms with Gasteiger partial charge in [0.25, 0.3) is 0 Å².